The molecule has 0 aliphatic rings. The van der Waals surface area contributed by atoms with Crippen LogP contribution >= 0.6 is 0 Å². The predicted molar refractivity (Wildman–Crippen MR) is 86.8 cm³/mol. The summed E-state index contributed by atoms with van der Waals surface area (Å²) in [5, 5.41) is 16.3. The largest absolute Gasteiger partial charge is 0.293 e. The Bertz CT molecular complexity index is 753. The average molecular weight is 293 g/mol. The van der Waals surface area contributed by atoms with E-state index in [4.69, 9.17) is 0 Å². The highest BCUT2D eigenvalue weighted by Gasteiger charge is 2.25. The minimum absolute atomic E-state index is 0.141. The third kappa shape index (κ3) is 3.32. The molecule has 0 radical (unpaired) electrons. The van der Waals surface area contributed by atoms with Crippen molar-refractivity contribution in [3.05, 3.63) is 47.2 Å². The van der Waals surface area contributed by atoms with E-state index in [0.717, 1.165) is 16.8 Å². The van der Waals surface area contributed by atoms with Crippen LogP contribution in [0.3, 0.4) is 0 Å². The van der Waals surface area contributed by atoms with Crippen molar-refractivity contribution in [3.63, 3.8) is 0 Å². The summed E-state index contributed by atoms with van der Waals surface area (Å²) in [4.78, 5) is 12.3. The van der Waals surface area contributed by atoms with E-state index < -0.39 is 5.41 Å². The van der Waals surface area contributed by atoms with Crippen molar-refractivity contribution in [2.24, 2.45) is 5.41 Å². The molecule has 1 heterocycles. The molecule has 0 aliphatic heterocycles. The lowest BCUT2D eigenvalue weighted by molar-refractivity contribution is -0.121. The molecule has 0 saturated carbocycles. The number of aryl methyl sites for hydroxylation is 1. The number of allylic oxidation sites excluding steroid dienone is 1. The van der Waals surface area contributed by atoms with Crippen molar-refractivity contribution in [1.82, 2.24) is 10.2 Å². The molecule has 0 spiro atoms. The number of H-pyrrole nitrogens is 1. The minimum atomic E-state index is -0.588. The van der Waals surface area contributed by atoms with Gasteiger partial charge in [0.15, 0.2) is 5.78 Å². The van der Waals surface area contributed by atoms with Crippen LogP contribution in [0, 0.1) is 23.7 Å². The molecule has 4 nitrogen and oxygen atoms in total. The molecule has 0 aliphatic carbocycles. The minimum Gasteiger partial charge on any atom is -0.293 e. The fourth-order valence-electron chi connectivity index (χ4n) is 2.06. The van der Waals surface area contributed by atoms with Crippen LogP contribution in [0.4, 0.5) is 0 Å². The first-order valence-electron chi connectivity index (χ1n) is 7.10. The average Bonchev–Trinajstić information content (AvgIpc) is 2.92. The summed E-state index contributed by atoms with van der Waals surface area (Å²) in [6.07, 6.45) is 3.23. The summed E-state index contributed by atoms with van der Waals surface area (Å²) in [6.45, 7) is 7.43. The van der Waals surface area contributed by atoms with E-state index in [1.165, 1.54) is 5.56 Å². The van der Waals surface area contributed by atoms with Gasteiger partial charge in [-0.1, -0.05) is 50.6 Å². The quantitative estimate of drug-likeness (QED) is 0.689. The number of nitrogens with zero attached hydrogens (tertiary/aromatic N) is 2. The molecule has 1 aromatic heterocycles. The number of nitriles is 1. The van der Waals surface area contributed by atoms with Gasteiger partial charge in [0, 0.05) is 16.5 Å². The topological polar surface area (TPSA) is 69.5 Å². The molecule has 0 fully saturated rings. The molecule has 4 heteroatoms. The van der Waals surface area contributed by atoms with Crippen molar-refractivity contribution in [2.75, 3.05) is 0 Å². The van der Waals surface area contributed by atoms with E-state index in [1.54, 1.807) is 33.0 Å². The third-order valence-electron chi connectivity index (χ3n) is 3.36. The van der Waals surface area contributed by atoms with Crippen molar-refractivity contribution < 1.29 is 4.79 Å². The number of hydrogen-bond acceptors (Lipinski definition) is 3. The number of rotatable bonds is 3. The van der Waals surface area contributed by atoms with Gasteiger partial charge in [-0.3, -0.25) is 9.89 Å². The molecule has 0 amide bonds. The highest BCUT2D eigenvalue weighted by Crippen LogP contribution is 2.26. The number of hydrogen-bond donors (Lipinski definition) is 1. The highest BCUT2D eigenvalue weighted by atomic mass is 16.1. The second-order valence-corrected chi connectivity index (χ2v) is 6.32. The van der Waals surface area contributed by atoms with Crippen LogP contribution in [-0.4, -0.2) is 16.0 Å². The van der Waals surface area contributed by atoms with Gasteiger partial charge in [0.05, 0.1) is 17.5 Å². The van der Waals surface area contributed by atoms with Gasteiger partial charge in [0.1, 0.15) is 6.07 Å². The number of benzene rings is 1. The van der Waals surface area contributed by atoms with Crippen LogP contribution < -0.4 is 0 Å². The van der Waals surface area contributed by atoms with E-state index in [0.29, 0.717) is 0 Å². The SMILES string of the molecule is Cc1ccc(-c2[nH]ncc2C=C(C#N)C(=O)C(C)(C)C)cc1. The standard InChI is InChI=1S/C18H19N3O/c1-12-5-7-13(8-6-12)16-15(11-20-21-16)9-14(10-19)17(22)18(2,3)4/h5-9,11H,1-4H3,(H,20,21). The fraction of sp³-hybridized carbons (Fsp3) is 0.278. The Morgan fingerprint density at radius 1 is 1.27 bits per heavy atom. The maximum atomic E-state index is 12.3. The highest BCUT2D eigenvalue weighted by molar-refractivity contribution is 6.06. The summed E-state index contributed by atoms with van der Waals surface area (Å²) in [5.41, 5.74) is 3.22. The molecule has 0 saturated heterocycles. The molecule has 0 atom stereocenters. The zero-order valence-electron chi connectivity index (χ0n) is 13.3. The van der Waals surface area contributed by atoms with Crippen molar-refractivity contribution in [2.45, 2.75) is 27.7 Å². The predicted octanol–water partition coefficient (Wildman–Crippen LogP) is 3.91. The molecule has 22 heavy (non-hydrogen) atoms. The maximum Gasteiger partial charge on any atom is 0.178 e. The summed E-state index contributed by atoms with van der Waals surface area (Å²) in [5.74, 6) is -0.175. The smallest absolute Gasteiger partial charge is 0.178 e. The molecule has 0 bridgehead atoms. The monoisotopic (exact) mass is 293 g/mol. The van der Waals surface area contributed by atoms with Gasteiger partial charge in [-0.2, -0.15) is 10.4 Å². The number of aromatic amines is 1. The molecule has 2 rings (SSSR count). The van der Waals surface area contributed by atoms with Gasteiger partial charge in [0.2, 0.25) is 0 Å². The van der Waals surface area contributed by atoms with Gasteiger partial charge in [-0.05, 0) is 13.0 Å². The van der Waals surface area contributed by atoms with Gasteiger partial charge < -0.3 is 0 Å². The van der Waals surface area contributed by atoms with E-state index in [2.05, 4.69) is 10.2 Å². The second kappa shape index (κ2) is 5.98. The number of nitrogens with one attached hydrogen (secondary N) is 1. The molecule has 1 aromatic carbocycles. The zero-order valence-corrected chi connectivity index (χ0v) is 13.3. The normalized spacial score (nSPS) is 12.0. The van der Waals surface area contributed by atoms with E-state index >= 15 is 0 Å². The maximum absolute atomic E-state index is 12.3. The first-order valence-corrected chi connectivity index (χ1v) is 7.10. The Balaban J connectivity index is 2.45. The van der Waals surface area contributed by atoms with Crippen LogP contribution in [-0.2, 0) is 4.79 Å². The number of carbonyl (C=O) groups excluding carboxylic acids is 1. The first kappa shape index (κ1) is 15.7. The van der Waals surface area contributed by atoms with Crippen LogP contribution in [0.5, 0.6) is 0 Å². The first-order chi connectivity index (χ1) is 10.3. The van der Waals surface area contributed by atoms with Crippen molar-refractivity contribution in [3.8, 4) is 17.3 Å². The van der Waals surface area contributed by atoms with Crippen LogP contribution in [0.2, 0.25) is 0 Å². The Labute approximate surface area is 130 Å². The molecular weight excluding hydrogens is 274 g/mol. The van der Waals surface area contributed by atoms with Crippen molar-refractivity contribution in [1.29, 1.82) is 5.26 Å². The Kier molecular flexibility index (Phi) is 4.27. The van der Waals surface area contributed by atoms with E-state index in [9.17, 15) is 10.1 Å². The summed E-state index contributed by atoms with van der Waals surface area (Å²) >= 11 is 0. The summed E-state index contributed by atoms with van der Waals surface area (Å²) in [7, 11) is 0. The number of ketones is 1. The molecular formula is C18H19N3O. The number of Topliss-reactive ketones (excluding diaryl/α,β-unsaturated/α-hetero) is 1. The summed E-state index contributed by atoms with van der Waals surface area (Å²) < 4.78 is 0. The fourth-order valence-corrected chi connectivity index (χ4v) is 2.06. The Morgan fingerprint density at radius 3 is 2.45 bits per heavy atom. The van der Waals surface area contributed by atoms with Gasteiger partial charge >= 0.3 is 0 Å². The third-order valence-corrected chi connectivity index (χ3v) is 3.36. The van der Waals surface area contributed by atoms with Gasteiger partial charge in [0.25, 0.3) is 0 Å². The number of carbonyl (C=O) groups is 1. The molecule has 1 N–H and O–H groups in total. The lowest BCUT2D eigenvalue weighted by atomic mass is 9.86. The van der Waals surface area contributed by atoms with Crippen molar-refractivity contribution >= 4 is 11.9 Å². The van der Waals surface area contributed by atoms with Crippen LogP contribution in [0.25, 0.3) is 17.3 Å². The Morgan fingerprint density at radius 2 is 1.91 bits per heavy atom. The van der Waals surface area contributed by atoms with E-state index in [1.807, 2.05) is 37.3 Å². The van der Waals surface area contributed by atoms with Gasteiger partial charge in [-0.15, -0.1) is 0 Å². The molecule has 2 aromatic rings. The second-order valence-electron chi connectivity index (χ2n) is 6.32. The van der Waals surface area contributed by atoms with Crippen LogP contribution in [0.1, 0.15) is 31.9 Å². The zero-order chi connectivity index (χ0) is 16.3. The molecule has 112 valence electrons. The van der Waals surface area contributed by atoms with Gasteiger partial charge in [-0.25, -0.2) is 0 Å². The Hall–Kier alpha value is -2.67. The van der Waals surface area contributed by atoms with Crippen LogP contribution in [0.15, 0.2) is 36.0 Å². The lowest BCUT2D eigenvalue weighted by Crippen LogP contribution is -2.21. The number of aromatic nitrogens is 2. The summed E-state index contributed by atoms with van der Waals surface area (Å²) in [6, 6.07) is 9.99. The lowest BCUT2D eigenvalue weighted by Gasteiger charge is -2.15. The molecule has 0 unspecified atom stereocenters. The van der Waals surface area contributed by atoms with E-state index in [-0.39, 0.29) is 11.4 Å².